The van der Waals surface area contributed by atoms with Crippen molar-refractivity contribution in [3.05, 3.63) is 11.6 Å². The molecule has 9 unspecified atom stereocenters. The topological polar surface area (TPSA) is 20.2 Å². The monoisotopic (exact) mass is 428 g/mol. The standard InChI is InChI=1S/C30H52O/c1-7-8-22(20(2)3)10-9-21(4)25-13-14-27-24-11-12-26-23(19-31)15-17-30(26,6)28(24)16-18-29(25,27)5/h8,20-21,23-28,31H,7,9-19H2,1-6H3/b22-8+. The van der Waals surface area contributed by atoms with E-state index in [0.717, 1.165) is 35.5 Å². The Morgan fingerprint density at radius 2 is 1.58 bits per heavy atom. The lowest BCUT2D eigenvalue weighted by Gasteiger charge is -2.58. The van der Waals surface area contributed by atoms with Crippen LogP contribution in [0.5, 0.6) is 0 Å². The van der Waals surface area contributed by atoms with Crippen LogP contribution in [-0.4, -0.2) is 11.7 Å². The van der Waals surface area contributed by atoms with Gasteiger partial charge in [0, 0.05) is 6.61 Å². The van der Waals surface area contributed by atoms with Gasteiger partial charge in [-0.15, -0.1) is 0 Å². The van der Waals surface area contributed by atoms with Crippen molar-refractivity contribution in [3.8, 4) is 0 Å². The average Bonchev–Trinajstić information content (AvgIpc) is 3.27. The number of fused-ring (bicyclic) bond motifs is 5. The molecule has 0 spiro atoms. The fourth-order valence-corrected chi connectivity index (χ4v) is 10.0. The van der Waals surface area contributed by atoms with E-state index in [2.05, 4.69) is 47.6 Å². The minimum Gasteiger partial charge on any atom is -0.396 e. The first kappa shape index (κ1) is 23.8. The number of allylic oxidation sites excluding steroid dienone is 2. The third-order valence-corrected chi connectivity index (χ3v) is 11.7. The third-order valence-electron chi connectivity index (χ3n) is 11.7. The van der Waals surface area contributed by atoms with E-state index in [-0.39, 0.29) is 0 Å². The van der Waals surface area contributed by atoms with E-state index in [1.807, 2.05) is 0 Å². The highest BCUT2D eigenvalue weighted by molar-refractivity contribution is 5.11. The van der Waals surface area contributed by atoms with Crippen LogP contribution >= 0.6 is 0 Å². The molecule has 0 radical (unpaired) electrons. The van der Waals surface area contributed by atoms with E-state index in [0.29, 0.717) is 29.3 Å². The fourth-order valence-electron chi connectivity index (χ4n) is 10.0. The Bertz CT molecular complexity index is 649. The minimum absolute atomic E-state index is 0.434. The predicted octanol–water partition coefficient (Wildman–Crippen LogP) is 8.27. The van der Waals surface area contributed by atoms with Gasteiger partial charge in [-0.25, -0.2) is 0 Å². The van der Waals surface area contributed by atoms with Crippen molar-refractivity contribution < 1.29 is 5.11 Å². The number of hydrogen-bond donors (Lipinski definition) is 1. The summed E-state index contributed by atoms with van der Waals surface area (Å²) in [6.45, 7) is 15.4. The molecule has 0 aromatic heterocycles. The molecule has 0 saturated heterocycles. The summed E-state index contributed by atoms with van der Waals surface area (Å²) >= 11 is 0. The molecule has 31 heavy (non-hydrogen) atoms. The van der Waals surface area contributed by atoms with E-state index in [4.69, 9.17) is 0 Å². The van der Waals surface area contributed by atoms with Gasteiger partial charge >= 0.3 is 0 Å². The molecule has 4 aliphatic rings. The van der Waals surface area contributed by atoms with Crippen molar-refractivity contribution >= 4 is 0 Å². The van der Waals surface area contributed by atoms with Crippen molar-refractivity contribution in [1.82, 2.24) is 0 Å². The van der Waals surface area contributed by atoms with Crippen LogP contribution in [0.2, 0.25) is 0 Å². The molecule has 9 atom stereocenters. The second-order valence-corrected chi connectivity index (χ2v) is 13.1. The van der Waals surface area contributed by atoms with Gasteiger partial charge < -0.3 is 5.11 Å². The summed E-state index contributed by atoms with van der Waals surface area (Å²) in [6, 6.07) is 0. The predicted molar refractivity (Wildman–Crippen MR) is 133 cm³/mol. The normalized spacial score (nSPS) is 46.0. The SMILES string of the molecule is CC/C=C(\CCC(C)C1CCC2C3CCC4C(CO)CCC4(C)C3CCC12C)C(C)C. The molecular formula is C30H52O. The van der Waals surface area contributed by atoms with Gasteiger partial charge in [0.25, 0.3) is 0 Å². The molecule has 1 N–H and O–H groups in total. The maximum Gasteiger partial charge on any atom is 0.0462 e. The quantitative estimate of drug-likeness (QED) is 0.404. The fraction of sp³-hybridized carbons (Fsp3) is 0.933. The lowest BCUT2D eigenvalue weighted by molar-refractivity contribution is -0.0975. The average molecular weight is 429 g/mol. The van der Waals surface area contributed by atoms with Crippen LogP contribution in [0.1, 0.15) is 112 Å². The Morgan fingerprint density at radius 1 is 0.903 bits per heavy atom. The van der Waals surface area contributed by atoms with E-state index < -0.39 is 0 Å². The molecule has 0 aromatic rings. The van der Waals surface area contributed by atoms with Crippen molar-refractivity contribution in [2.24, 2.45) is 58.2 Å². The van der Waals surface area contributed by atoms with Gasteiger partial charge in [-0.3, -0.25) is 0 Å². The first-order valence-electron chi connectivity index (χ1n) is 14.1. The number of aliphatic hydroxyl groups is 1. The Kier molecular flexibility index (Phi) is 7.04. The molecule has 1 nitrogen and oxygen atoms in total. The zero-order valence-corrected chi connectivity index (χ0v) is 21.6. The highest BCUT2D eigenvalue weighted by atomic mass is 16.3. The minimum atomic E-state index is 0.434. The summed E-state index contributed by atoms with van der Waals surface area (Å²) in [6.07, 6.45) is 17.9. The zero-order chi connectivity index (χ0) is 22.4. The van der Waals surface area contributed by atoms with Gasteiger partial charge in [0.2, 0.25) is 0 Å². The van der Waals surface area contributed by atoms with Gasteiger partial charge in [-0.05, 0) is 129 Å². The number of aliphatic hydroxyl groups excluding tert-OH is 1. The molecule has 4 fully saturated rings. The highest BCUT2D eigenvalue weighted by Crippen LogP contribution is 2.69. The van der Waals surface area contributed by atoms with Gasteiger partial charge in [-0.2, -0.15) is 0 Å². The van der Waals surface area contributed by atoms with Crippen LogP contribution < -0.4 is 0 Å². The summed E-state index contributed by atoms with van der Waals surface area (Å²) in [7, 11) is 0. The van der Waals surface area contributed by atoms with Crippen LogP contribution in [0, 0.1) is 58.2 Å². The second kappa shape index (κ2) is 9.15. The number of hydrogen-bond acceptors (Lipinski definition) is 1. The maximum atomic E-state index is 9.96. The molecule has 0 heterocycles. The first-order valence-corrected chi connectivity index (χ1v) is 14.1. The second-order valence-electron chi connectivity index (χ2n) is 13.1. The van der Waals surface area contributed by atoms with Crippen molar-refractivity contribution in [2.75, 3.05) is 6.61 Å². The summed E-state index contributed by atoms with van der Waals surface area (Å²) < 4.78 is 0. The molecule has 1 heteroatoms. The van der Waals surface area contributed by atoms with Crippen LogP contribution in [0.3, 0.4) is 0 Å². The summed E-state index contributed by atoms with van der Waals surface area (Å²) in [5.74, 6) is 6.80. The van der Waals surface area contributed by atoms with Crippen LogP contribution in [0.4, 0.5) is 0 Å². The molecule has 4 aliphatic carbocycles. The summed E-state index contributed by atoms with van der Waals surface area (Å²) in [5.41, 5.74) is 2.81. The molecular weight excluding hydrogens is 376 g/mol. The summed E-state index contributed by atoms with van der Waals surface area (Å²) in [5, 5.41) is 9.96. The Labute approximate surface area is 193 Å². The van der Waals surface area contributed by atoms with Crippen LogP contribution in [0.25, 0.3) is 0 Å². The van der Waals surface area contributed by atoms with Crippen molar-refractivity contribution in [3.63, 3.8) is 0 Å². The zero-order valence-electron chi connectivity index (χ0n) is 21.6. The molecule has 0 amide bonds. The Balaban J connectivity index is 1.45. The van der Waals surface area contributed by atoms with Gasteiger partial charge in [0.15, 0.2) is 0 Å². The lowest BCUT2D eigenvalue weighted by atomic mass is 9.46. The smallest absolute Gasteiger partial charge is 0.0462 e. The summed E-state index contributed by atoms with van der Waals surface area (Å²) in [4.78, 5) is 0. The number of rotatable bonds is 7. The molecule has 4 rings (SSSR count). The molecule has 4 saturated carbocycles. The largest absolute Gasteiger partial charge is 0.396 e. The van der Waals surface area contributed by atoms with E-state index >= 15 is 0 Å². The third kappa shape index (κ3) is 3.98. The van der Waals surface area contributed by atoms with E-state index in [9.17, 15) is 5.11 Å². The molecule has 0 bridgehead atoms. The molecule has 0 aromatic carbocycles. The van der Waals surface area contributed by atoms with Gasteiger partial charge in [0.1, 0.15) is 0 Å². The van der Waals surface area contributed by atoms with Gasteiger partial charge in [-0.1, -0.05) is 53.2 Å². The lowest BCUT2D eigenvalue weighted by Crippen LogP contribution is -2.51. The first-order chi connectivity index (χ1) is 14.8. The van der Waals surface area contributed by atoms with Crippen molar-refractivity contribution in [2.45, 2.75) is 112 Å². The Hall–Kier alpha value is -0.300. The van der Waals surface area contributed by atoms with E-state index in [1.165, 1.54) is 70.6 Å². The highest BCUT2D eigenvalue weighted by Gasteiger charge is 2.61. The Morgan fingerprint density at radius 3 is 2.26 bits per heavy atom. The van der Waals surface area contributed by atoms with Crippen LogP contribution in [0.15, 0.2) is 11.6 Å². The maximum absolute atomic E-state index is 9.96. The van der Waals surface area contributed by atoms with E-state index in [1.54, 1.807) is 5.57 Å². The van der Waals surface area contributed by atoms with Gasteiger partial charge in [0.05, 0.1) is 0 Å². The molecule has 0 aliphatic heterocycles. The van der Waals surface area contributed by atoms with Crippen LogP contribution in [-0.2, 0) is 0 Å². The van der Waals surface area contributed by atoms with Crippen molar-refractivity contribution in [1.29, 1.82) is 0 Å². The molecule has 178 valence electrons.